The molecule has 1 fully saturated rings. The number of ether oxygens (including phenoxy) is 1. The van der Waals surface area contributed by atoms with Crippen LogP contribution in [0.1, 0.15) is 48.3 Å². The molecule has 1 saturated carbocycles. The molecule has 2 aromatic carbocycles. The number of rotatable bonds is 5. The Balaban J connectivity index is 1.62. The van der Waals surface area contributed by atoms with Crippen molar-refractivity contribution < 1.29 is 23.0 Å². The van der Waals surface area contributed by atoms with Crippen molar-refractivity contribution in [3.63, 3.8) is 0 Å². The van der Waals surface area contributed by atoms with Crippen LogP contribution in [0.15, 0.2) is 36.4 Å². The summed E-state index contributed by atoms with van der Waals surface area (Å²) in [7, 11) is 1.32. The fraction of sp³-hybridized carbons (Fsp3) is 0.364. The Morgan fingerprint density at radius 2 is 1.78 bits per heavy atom. The predicted octanol–water partition coefficient (Wildman–Crippen LogP) is 5.59. The molecule has 0 radical (unpaired) electrons. The summed E-state index contributed by atoms with van der Waals surface area (Å²) < 4.78 is 46.7. The van der Waals surface area contributed by atoms with E-state index in [4.69, 9.17) is 9.84 Å². The van der Waals surface area contributed by atoms with Crippen molar-refractivity contribution in [3.05, 3.63) is 70.5 Å². The predicted molar refractivity (Wildman–Crippen MR) is 99.0 cm³/mol. The highest BCUT2D eigenvalue weighted by Gasteiger charge is 2.25. The van der Waals surface area contributed by atoms with E-state index < -0.39 is 17.5 Å². The Kier molecular flexibility index (Phi) is 6.22. The van der Waals surface area contributed by atoms with Crippen LogP contribution in [0, 0.1) is 23.4 Å². The number of hydrogen-bond donors (Lipinski definition) is 1. The summed E-state index contributed by atoms with van der Waals surface area (Å²) in [5, 5.41) is 9.01. The van der Waals surface area contributed by atoms with Crippen LogP contribution in [0.4, 0.5) is 13.2 Å². The lowest BCUT2D eigenvalue weighted by Crippen LogP contribution is -2.13. The maximum Gasteiger partial charge on any atom is 0.200 e. The molecule has 3 rings (SSSR count). The number of aliphatic hydroxyl groups excluding tert-OH is 1. The van der Waals surface area contributed by atoms with Gasteiger partial charge >= 0.3 is 0 Å². The first-order valence-electron chi connectivity index (χ1n) is 9.12. The molecule has 2 aromatic rings. The maximum absolute atomic E-state index is 14.3. The smallest absolute Gasteiger partial charge is 0.200 e. The number of hydrogen-bond acceptors (Lipinski definition) is 2. The van der Waals surface area contributed by atoms with Gasteiger partial charge in [0.05, 0.1) is 13.7 Å². The first-order valence-corrected chi connectivity index (χ1v) is 9.12. The van der Waals surface area contributed by atoms with Crippen LogP contribution in [0.5, 0.6) is 5.75 Å². The molecule has 0 aromatic heterocycles. The second kappa shape index (κ2) is 8.61. The zero-order valence-corrected chi connectivity index (χ0v) is 15.2. The van der Waals surface area contributed by atoms with E-state index in [1.54, 1.807) is 18.2 Å². The van der Waals surface area contributed by atoms with E-state index in [1.165, 1.54) is 19.2 Å². The summed E-state index contributed by atoms with van der Waals surface area (Å²) in [6.07, 6.45) is 7.21. The Labute approximate surface area is 157 Å². The van der Waals surface area contributed by atoms with Crippen LogP contribution in [0.2, 0.25) is 0 Å². The van der Waals surface area contributed by atoms with Crippen molar-refractivity contribution in [2.24, 2.45) is 5.92 Å². The third kappa shape index (κ3) is 4.35. The molecule has 27 heavy (non-hydrogen) atoms. The zero-order valence-electron chi connectivity index (χ0n) is 15.2. The summed E-state index contributed by atoms with van der Waals surface area (Å²) >= 11 is 0. The van der Waals surface area contributed by atoms with Gasteiger partial charge in [-0.2, -0.15) is 4.39 Å². The van der Waals surface area contributed by atoms with Crippen molar-refractivity contribution in [2.75, 3.05) is 7.11 Å². The van der Waals surface area contributed by atoms with E-state index in [2.05, 4.69) is 6.08 Å². The molecule has 0 saturated heterocycles. The zero-order chi connectivity index (χ0) is 19.4. The van der Waals surface area contributed by atoms with Gasteiger partial charge in [0.1, 0.15) is 5.82 Å². The molecule has 1 aliphatic carbocycles. The Morgan fingerprint density at radius 3 is 2.41 bits per heavy atom. The Morgan fingerprint density at radius 1 is 1.04 bits per heavy atom. The van der Waals surface area contributed by atoms with Gasteiger partial charge in [-0.3, -0.25) is 0 Å². The molecule has 0 spiro atoms. The average Bonchev–Trinajstić information content (AvgIpc) is 2.69. The fourth-order valence-electron chi connectivity index (χ4n) is 3.68. The molecule has 1 N–H and O–H groups in total. The molecule has 0 aliphatic heterocycles. The molecule has 1 aliphatic rings. The number of methoxy groups -OCH3 is 1. The third-order valence-corrected chi connectivity index (χ3v) is 5.32. The van der Waals surface area contributed by atoms with E-state index in [0.717, 1.165) is 31.2 Å². The fourth-order valence-corrected chi connectivity index (χ4v) is 3.68. The summed E-state index contributed by atoms with van der Waals surface area (Å²) in [6.45, 7) is -0.317. The molecular formula is C22H23F3O2. The van der Waals surface area contributed by atoms with Crippen LogP contribution >= 0.6 is 0 Å². The molecule has 0 unspecified atom stereocenters. The monoisotopic (exact) mass is 376 g/mol. The molecule has 0 bridgehead atoms. The van der Waals surface area contributed by atoms with E-state index in [0.29, 0.717) is 11.5 Å². The van der Waals surface area contributed by atoms with Crippen molar-refractivity contribution in [2.45, 2.75) is 38.2 Å². The molecule has 5 heteroatoms. The second-order valence-electron chi connectivity index (χ2n) is 6.96. The number of allylic oxidation sites excluding steroid dienone is 1. The largest absolute Gasteiger partial charge is 0.494 e. The molecule has 144 valence electrons. The van der Waals surface area contributed by atoms with Crippen LogP contribution in [-0.4, -0.2) is 12.2 Å². The number of aliphatic hydroxyl groups is 1. The van der Waals surface area contributed by atoms with E-state index in [9.17, 15) is 13.2 Å². The van der Waals surface area contributed by atoms with Crippen molar-refractivity contribution in [3.8, 4) is 5.75 Å². The highest BCUT2D eigenvalue weighted by atomic mass is 19.2. The van der Waals surface area contributed by atoms with Gasteiger partial charge in [-0.15, -0.1) is 0 Å². The molecule has 0 amide bonds. The number of halogens is 3. The quantitative estimate of drug-likeness (QED) is 0.737. The van der Waals surface area contributed by atoms with Crippen molar-refractivity contribution in [1.82, 2.24) is 0 Å². The third-order valence-electron chi connectivity index (χ3n) is 5.32. The first-order chi connectivity index (χ1) is 13.0. The second-order valence-corrected chi connectivity index (χ2v) is 6.96. The minimum absolute atomic E-state index is 0.00339. The normalized spacial score (nSPS) is 20.2. The average molecular weight is 376 g/mol. The summed E-state index contributed by atoms with van der Waals surface area (Å²) in [5.74, 6) is -1.91. The van der Waals surface area contributed by atoms with Gasteiger partial charge < -0.3 is 9.84 Å². The van der Waals surface area contributed by atoms with Gasteiger partial charge in [0.15, 0.2) is 11.6 Å². The lowest BCUT2D eigenvalue weighted by molar-refractivity contribution is 0.275. The Bertz CT molecular complexity index is 825. The highest BCUT2D eigenvalue weighted by molar-refractivity contribution is 5.50. The molecule has 2 nitrogen and oxygen atoms in total. The first kappa shape index (κ1) is 19.5. The summed E-state index contributed by atoms with van der Waals surface area (Å²) in [6, 6.07) is 7.84. The van der Waals surface area contributed by atoms with Gasteiger partial charge in [0, 0.05) is 5.56 Å². The molecule has 0 heterocycles. The van der Waals surface area contributed by atoms with E-state index in [1.807, 2.05) is 6.08 Å². The minimum atomic E-state index is -0.926. The molecular weight excluding hydrogens is 353 g/mol. The van der Waals surface area contributed by atoms with Crippen LogP contribution in [0.25, 0.3) is 6.08 Å². The van der Waals surface area contributed by atoms with Gasteiger partial charge in [0.25, 0.3) is 0 Å². The SMILES string of the molecule is COc1ccc(C2CCC(C=Cc3ccc(CO)c(F)c3)CC2)c(F)c1F. The van der Waals surface area contributed by atoms with Gasteiger partial charge in [-0.1, -0.05) is 30.4 Å². The number of benzene rings is 2. The lowest BCUT2D eigenvalue weighted by atomic mass is 9.78. The van der Waals surface area contributed by atoms with Crippen LogP contribution in [0.3, 0.4) is 0 Å². The maximum atomic E-state index is 14.3. The van der Waals surface area contributed by atoms with E-state index in [-0.39, 0.29) is 23.8 Å². The lowest BCUT2D eigenvalue weighted by Gasteiger charge is -2.27. The van der Waals surface area contributed by atoms with Crippen LogP contribution in [-0.2, 0) is 6.61 Å². The topological polar surface area (TPSA) is 29.5 Å². The molecule has 0 atom stereocenters. The van der Waals surface area contributed by atoms with Gasteiger partial charge in [-0.05, 0) is 60.8 Å². The Hall–Kier alpha value is -2.27. The van der Waals surface area contributed by atoms with Gasteiger partial charge in [-0.25, -0.2) is 8.78 Å². The van der Waals surface area contributed by atoms with Crippen LogP contribution < -0.4 is 4.74 Å². The van der Waals surface area contributed by atoms with E-state index >= 15 is 0 Å². The van der Waals surface area contributed by atoms with Crippen molar-refractivity contribution >= 4 is 6.08 Å². The summed E-state index contributed by atoms with van der Waals surface area (Å²) in [4.78, 5) is 0. The highest BCUT2D eigenvalue weighted by Crippen LogP contribution is 2.39. The standard InChI is InChI=1S/C22H23F3O2/c1-27-20-11-10-18(21(24)22(20)25)16-7-4-14(5-8-16)2-3-15-6-9-17(13-26)19(23)12-15/h2-3,6,9-12,14,16,26H,4-5,7-8,13H2,1H3. The van der Waals surface area contributed by atoms with Crippen molar-refractivity contribution in [1.29, 1.82) is 0 Å². The minimum Gasteiger partial charge on any atom is -0.494 e. The summed E-state index contributed by atoms with van der Waals surface area (Å²) in [5.41, 5.74) is 1.44. The van der Waals surface area contributed by atoms with Gasteiger partial charge in [0.2, 0.25) is 5.82 Å².